The average molecular weight is 274 g/mol. The molecular formula is C16H22N2S. The van der Waals surface area contributed by atoms with Crippen LogP contribution in [0.1, 0.15) is 30.7 Å². The van der Waals surface area contributed by atoms with Gasteiger partial charge < -0.3 is 10.6 Å². The molecule has 1 aromatic carbocycles. The van der Waals surface area contributed by atoms with Gasteiger partial charge in [0.1, 0.15) is 0 Å². The largest absolute Gasteiger partial charge is 0.393 e. The van der Waals surface area contributed by atoms with E-state index in [1.54, 1.807) is 0 Å². The molecule has 1 aromatic rings. The van der Waals surface area contributed by atoms with E-state index >= 15 is 0 Å². The molecule has 1 heterocycles. The fourth-order valence-electron chi connectivity index (χ4n) is 3.78. The number of benzene rings is 1. The van der Waals surface area contributed by atoms with E-state index in [1.807, 2.05) is 6.07 Å². The number of hydrogen-bond acceptors (Lipinski definition) is 2. The number of hydrogen-bond donors (Lipinski definition) is 1. The fraction of sp³-hybridized carbons (Fsp3) is 0.562. The first-order valence-electron chi connectivity index (χ1n) is 7.30. The molecule has 2 aliphatic rings. The molecule has 3 unspecified atom stereocenters. The van der Waals surface area contributed by atoms with Gasteiger partial charge in [-0.2, -0.15) is 0 Å². The zero-order chi connectivity index (χ0) is 13.2. The lowest BCUT2D eigenvalue weighted by Crippen LogP contribution is -2.33. The molecule has 1 aliphatic heterocycles. The summed E-state index contributed by atoms with van der Waals surface area (Å²) < 4.78 is 0. The molecule has 1 saturated carbocycles. The van der Waals surface area contributed by atoms with Crippen molar-refractivity contribution >= 4 is 17.2 Å². The summed E-state index contributed by atoms with van der Waals surface area (Å²) in [6.45, 7) is 3.49. The highest BCUT2D eigenvalue weighted by Crippen LogP contribution is 2.38. The van der Waals surface area contributed by atoms with Gasteiger partial charge in [-0.1, -0.05) is 49.0 Å². The van der Waals surface area contributed by atoms with Crippen molar-refractivity contribution in [3.8, 4) is 0 Å². The lowest BCUT2D eigenvalue weighted by molar-refractivity contribution is 0.308. The van der Waals surface area contributed by atoms with Crippen LogP contribution in [0.25, 0.3) is 0 Å². The Morgan fingerprint density at radius 3 is 2.42 bits per heavy atom. The first-order valence-corrected chi connectivity index (χ1v) is 7.71. The van der Waals surface area contributed by atoms with Gasteiger partial charge in [-0.05, 0) is 30.2 Å². The standard InChI is InChI=1S/C16H22N2S/c17-16(19)15(12-5-2-1-3-6-12)11-18-9-13-7-4-8-14(13)10-18/h1-3,5-6,13-15H,4,7-11H2,(H2,17,19). The van der Waals surface area contributed by atoms with Gasteiger partial charge in [-0.3, -0.25) is 0 Å². The number of rotatable bonds is 4. The third-order valence-electron chi connectivity index (χ3n) is 4.79. The molecule has 2 nitrogen and oxygen atoms in total. The maximum absolute atomic E-state index is 5.97. The number of thiocarbonyl (C=S) groups is 1. The predicted molar refractivity (Wildman–Crippen MR) is 83.2 cm³/mol. The van der Waals surface area contributed by atoms with Gasteiger partial charge in [-0.15, -0.1) is 0 Å². The van der Waals surface area contributed by atoms with Crippen molar-refractivity contribution in [2.45, 2.75) is 25.2 Å². The van der Waals surface area contributed by atoms with E-state index in [-0.39, 0.29) is 5.92 Å². The molecule has 0 radical (unpaired) electrons. The Morgan fingerprint density at radius 2 is 1.84 bits per heavy atom. The molecule has 3 atom stereocenters. The summed E-state index contributed by atoms with van der Waals surface area (Å²) in [5.74, 6) is 2.07. The van der Waals surface area contributed by atoms with Crippen LogP contribution in [-0.2, 0) is 0 Å². The van der Waals surface area contributed by atoms with Crippen molar-refractivity contribution in [2.24, 2.45) is 17.6 Å². The van der Waals surface area contributed by atoms with E-state index in [0.717, 1.165) is 18.4 Å². The van der Waals surface area contributed by atoms with Crippen molar-refractivity contribution in [1.29, 1.82) is 0 Å². The van der Waals surface area contributed by atoms with Gasteiger partial charge in [0.2, 0.25) is 0 Å². The third kappa shape index (κ3) is 2.82. The SMILES string of the molecule is NC(=S)C(CN1CC2CCCC2C1)c1ccccc1. The summed E-state index contributed by atoms with van der Waals surface area (Å²) >= 11 is 5.29. The smallest absolute Gasteiger partial charge is 0.0816 e. The molecule has 0 spiro atoms. The topological polar surface area (TPSA) is 29.3 Å². The molecule has 102 valence electrons. The molecule has 19 heavy (non-hydrogen) atoms. The Kier molecular flexibility index (Phi) is 3.85. The fourth-order valence-corrected chi connectivity index (χ4v) is 4.00. The van der Waals surface area contributed by atoms with Crippen LogP contribution < -0.4 is 5.73 Å². The van der Waals surface area contributed by atoms with Crippen molar-refractivity contribution in [1.82, 2.24) is 4.90 Å². The van der Waals surface area contributed by atoms with E-state index < -0.39 is 0 Å². The maximum Gasteiger partial charge on any atom is 0.0816 e. The summed E-state index contributed by atoms with van der Waals surface area (Å²) in [4.78, 5) is 3.20. The molecule has 2 N–H and O–H groups in total. The monoisotopic (exact) mass is 274 g/mol. The van der Waals surface area contributed by atoms with Crippen molar-refractivity contribution in [2.75, 3.05) is 19.6 Å². The highest BCUT2D eigenvalue weighted by molar-refractivity contribution is 7.80. The molecule has 1 aliphatic carbocycles. The van der Waals surface area contributed by atoms with Crippen LogP contribution >= 0.6 is 12.2 Å². The highest BCUT2D eigenvalue weighted by Gasteiger charge is 2.36. The van der Waals surface area contributed by atoms with Gasteiger partial charge in [-0.25, -0.2) is 0 Å². The lowest BCUT2D eigenvalue weighted by atomic mass is 9.98. The van der Waals surface area contributed by atoms with Gasteiger partial charge in [0.05, 0.1) is 4.99 Å². The maximum atomic E-state index is 5.97. The normalized spacial score (nSPS) is 28.2. The van der Waals surface area contributed by atoms with Crippen LogP contribution in [-0.4, -0.2) is 29.5 Å². The first-order chi connectivity index (χ1) is 9.24. The molecule has 3 heteroatoms. The third-order valence-corrected chi connectivity index (χ3v) is 5.07. The summed E-state index contributed by atoms with van der Waals surface area (Å²) in [6, 6.07) is 10.5. The Balaban J connectivity index is 1.68. The summed E-state index contributed by atoms with van der Waals surface area (Å²) in [5, 5.41) is 0. The van der Waals surface area contributed by atoms with Crippen LogP contribution in [0.4, 0.5) is 0 Å². The predicted octanol–water partition coefficient (Wildman–Crippen LogP) is 2.79. The summed E-state index contributed by atoms with van der Waals surface area (Å²) in [5.41, 5.74) is 7.22. The molecule has 0 aromatic heterocycles. The van der Waals surface area contributed by atoms with Crippen LogP contribution in [0, 0.1) is 11.8 Å². The van der Waals surface area contributed by atoms with Gasteiger partial charge >= 0.3 is 0 Å². The minimum absolute atomic E-state index is 0.204. The van der Waals surface area contributed by atoms with Gasteiger partial charge in [0.15, 0.2) is 0 Å². The second kappa shape index (κ2) is 5.59. The van der Waals surface area contributed by atoms with E-state index in [4.69, 9.17) is 18.0 Å². The van der Waals surface area contributed by atoms with Crippen molar-refractivity contribution in [3.63, 3.8) is 0 Å². The Morgan fingerprint density at radius 1 is 1.21 bits per heavy atom. The first kappa shape index (κ1) is 13.1. The quantitative estimate of drug-likeness (QED) is 0.856. The van der Waals surface area contributed by atoms with E-state index in [0.29, 0.717) is 4.99 Å². The number of nitrogens with two attached hydrogens (primary N) is 1. The Hall–Kier alpha value is -0.930. The molecule has 0 bridgehead atoms. The van der Waals surface area contributed by atoms with Crippen LogP contribution in [0.5, 0.6) is 0 Å². The lowest BCUT2D eigenvalue weighted by Gasteiger charge is -2.24. The highest BCUT2D eigenvalue weighted by atomic mass is 32.1. The van der Waals surface area contributed by atoms with Crippen molar-refractivity contribution in [3.05, 3.63) is 35.9 Å². The molecule has 2 fully saturated rings. The van der Waals surface area contributed by atoms with Gasteiger partial charge in [0, 0.05) is 25.6 Å². The Labute approximate surface area is 121 Å². The zero-order valence-corrected chi connectivity index (χ0v) is 12.1. The Bertz CT molecular complexity index is 433. The van der Waals surface area contributed by atoms with Crippen molar-refractivity contribution < 1.29 is 0 Å². The zero-order valence-electron chi connectivity index (χ0n) is 11.3. The molecule has 0 amide bonds. The van der Waals surface area contributed by atoms with Crippen LogP contribution in [0.2, 0.25) is 0 Å². The van der Waals surface area contributed by atoms with E-state index in [2.05, 4.69) is 29.2 Å². The second-order valence-electron chi connectivity index (χ2n) is 6.04. The second-order valence-corrected chi connectivity index (χ2v) is 6.51. The van der Waals surface area contributed by atoms with Crippen LogP contribution in [0.15, 0.2) is 30.3 Å². The minimum atomic E-state index is 0.204. The summed E-state index contributed by atoms with van der Waals surface area (Å²) in [7, 11) is 0. The molecular weight excluding hydrogens is 252 g/mol. The van der Waals surface area contributed by atoms with E-state index in [1.165, 1.54) is 37.9 Å². The summed E-state index contributed by atoms with van der Waals surface area (Å²) in [6.07, 6.45) is 4.27. The number of nitrogens with zero attached hydrogens (tertiary/aromatic N) is 1. The average Bonchev–Trinajstić information content (AvgIpc) is 2.97. The number of likely N-dealkylation sites (tertiary alicyclic amines) is 1. The minimum Gasteiger partial charge on any atom is -0.393 e. The number of fused-ring (bicyclic) bond motifs is 1. The van der Waals surface area contributed by atoms with E-state index in [9.17, 15) is 0 Å². The van der Waals surface area contributed by atoms with Crippen LogP contribution in [0.3, 0.4) is 0 Å². The molecule has 1 saturated heterocycles. The molecule has 3 rings (SSSR count). The van der Waals surface area contributed by atoms with Gasteiger partial charge in [0.25, 0.3) is 0 Å².